The number of benzene rings is 7. The Morgan fingerprint density at radius 2 is 1.24 bits per heavy atom. The molecule has 0 saturated heterocycles. The summed E-state index contributed by atoms with van der Waals surface area (Å²) in [7, 11) is 0. The summed E-state index contributed by atoms with van der Waals surface area (Å²) in [5, 5.41) is 21.9. The number of hydrogen-bond donors (Lipinski definition) is 1. The molecule has 0 bridgehead atoms. The minimum atomic E-state index is -0.129. The second kappa shape index (κ2) is 12.2. The van der Waals surface area contributed by atoms with Crippen molar-refractivity contribution in [2.75, 3.05) is 0 Å². The van der Waals surface area contributed by atoms with Crippen molar-refractivity contribution in [3.8, 4) is 39.4 Å². The third kappa shape index (κ3) is 4.94. The summed E-state index contributed by atoms with van der Waals surface area (Å²) in [5.74, 6) is 0.220. The second-order valence-electron chi connectivity index (χ2n) is 15.5. The zero-order valence-corrected chi connectivity index (χ0v) is 32.7. The largest absolute Gasteiger partial charge is 0.507 e. The number of para-hydroxylation sites is 2. The van der Waals surface area contributed by atoms with Crippen LogP contribution in [0.5, 0.6) is 5.75 Å². The van der Waals surface area contributed by atoms with Gasteiger partial charge in [-0.3, -0.25) is 9.97 Å². The van der Waals surface area contributed by atoms with Gasteiger partial charge in [-0.25, -0.2) is 0 Å². The minimum absolute atomic E-state index is 0. The molecule has 0 spiro atoms. The van der Waals surface area contributed by atoms with E-state index in [0.29, 0.717) is 0 Å². The Bertz CT molecular complexity index is 3320. The molecule has 4 heterocycles. The van der Waals surface area contributed by atoms with Crippen molar-refractivity contribution in [3.63, 3.8) is 0 Å². The number of hydrogen-bond acceptors (Lipinski definition) is 3. The van der Waals surface area contributed by atoms with E-state index >= 15 is 0 Å². The molecule has 4 aromatic heterocycles. The van der Waals surface area contributed by atoms with Crippen LogP contribution in [0.25, 0.3) is 104 Å². The fraction of sp³-hybridized carbons (Fsp3) is 0.0800. The number of phenolic OH excluding ortho intramolecular Hbond substituents is 1. The van der Waals surface area contributed by atoms with E-state index in [1.807, 2.05) is 18.3 Å². The summed E-state index contributed by atoms with van der Waals surface area (Å²) in [6.07, 6.45) is 1.88. The fourth-order valence-corrected chi connectivity index (χ4v) is 8.70. The first-order valence-corrected chi connectivity index (χ1v) is 18.5. The van der Waals surface area contributed by atoms with Crippen molar-refractivity contribution in [1.29, 1.82) is 0 Å². The molecule has 0 amide bonds. The number of aromatic hydroxyl groups is 1. The predicted molar refractivity (Wildman–Crippen MR) is 225 cm³/mol. The summed E-state index contributed by atoms with van der Waals surface area (Å²) in [6.45, 7) is 6.70. The summed E-state index contributed by atoms with van der Waals surface area (Å²) in [4.78, 5) is 10.3. The molecule has 266 valence electrons. The van der Waals surface area contributed by atoms with Crippen LogP contribution in [-0.4, -0.2) is 19.5 Å². The molecule has 5 heteroatoms. The normalized spacial score (nSPS) is 12.2. The van der Waals surface area contributed by atoms with Crippen molar-refractivity contribution in [1.82, 2.24) is 14.4 Å². The first-order chi connectivity index (χ1) is 26.3. The second-order valence-corrected chi connectivity index (χ2v) is 15.5. The van der Waals surface area contributed by atoms with Crippen LogP contribution >= 0.6 is 0 Å². The van der Waals surface area contributed by atoms with Gasteiger partial charge >= 0.3 is 0 Å². The van der Waals surface area contributed by atoms with E-state index in [1.165, 1.54) is 27.2 Å². The van der Waals surface area contributed by atoms with E-state index in [4.69, 9.17) is 9.97 Å². The van der Waals surface area contributed by atoms with Crippen molar-refractivity contribution < 1.29 is 26.2 Å². The Kier molecular flexibility index (Phi) is 7.43. The average Bonchev–Trinajstić information content (AvgIpc) is 3.73. The van der Waals surface area contributed by atoms with Crippen molar-refractivity contribution in [2.45, 2.75) is 26.2 Å². The average molecular weight is 888 g/mol. The van der Waals surface area contributed by atoms with Crippen LogP contribution < -0.4 is 0 Å². The molecule has 1 N–H and O–H groups in total. The van der Waals surface area contributed by atoms with Gasteiger partial charge < -0.3 is 9.51 Å². The molecule has 0 radical (unpaired) electrons. The van der Waals surface area contributed by atoms with E-state index in [-0.39, 0.29) is 32.2 Å². The molecule has 0 saturated carbocycles. The molecule has 11 rings (SSSR count). The molecule has 55 heavy (non-hydrogen) atoms. The maximum atomic E-state index is 12.2. The molecular weight excluding hydrogens is 854 g/mol. The van der Waals surface area contributed by atoms with Gasteiger partial charge in [0.05, 0.1) is 27.5 Å². The van der Waals surface area contributed by atoms with E-state index in [0.717, 1.165) is 82.5 Å². The van der Waals surface area contributed by atoms with E-state index < -0.39 is 0 Å². The number of phenols is 1. The zero-order chi connectivity index (χ0) is 36.3. The molecule has 0 aliphatic heterocycles. The Morgan fingerprint density at radius 3 is 2.04 bits per heavy atom. The summed E-state index contributed by atoms with van der Waals surface area (Å²) in [5.41, 5.74) is 10.8. The smallest absolute Gasteiger partial charge is 0.127 e. The molecule has 7 aromatic carbocycles. The van der Waals surface area contributed by atoms with Crippen LogP contribution in [-0.2, 0) is 26.5 Å². The Balaban J connectivity index is 0.00000372. The molecule has 0 aliphatic carbocycles. The SMILES string of the molecule is CC(C)(C)c1cc(-c2cc(-c3ccccc3)ccn2)[c-]c(-c2ccc3c4ccccc4c4c(c(O)cc5c4c4cccc6c7ccccc7n5c64)c3n2)c1.[Pt]. The number of rotatable bonds is 3. The van der Waals surface area contributed by atoms with Gasteiger partial charge in [0, 0.05) is 77.0 Å². The van der Waals surface area contributed by atoms with Gasteiger partial charge in [-0.15, -0.1) is 23.8 Å². The van der Waals surface area contributed by atoms with Gasteiger partial charge in [0.2, 0.25) is 0 Å². The Morgan fingerprint density at radius 1 is 0.545 bits per heavy atom. The third-order valence-electron chi connectivity index (χ3n) is 11.3. The van der Waals surface area contributed by atoms with Crippen LogP contribution in [0.15, 0.2) is 146 Å². The summed E-state index contributed by atoms with van der Waals surface area (Å²) >= 11 is 0. The van der Waals surface area contributed by atoms with E-state index in [2.05, 4.69) is 159 Å². The van der Waals surface area contributed by atoms with Crippen molar-refractivity contribution in [3.05, 3.63) is 157 Å². The number of nitrogens with zero attached hydrogens (tertiary/aromatic N) is 3. The third-order valence-corrected chi connectivity index (χ3v) is 11.3. The molecule has 0 aliphatic rings. The first kappa shape index (κ1) is 33.5. The first-order valence-electron chi connectivity index (χ1n) is 18.5. The fourth-order valence-electron chi connectivity index (χ4n) is 8.70. The topological polar surface area (TPSA) is 50.4 Å². The zero-order valence-electron chi connectivity index (χ0n) is 30.5. The van der Waals surface area contributed by atoms with Crippen LogP contribution in [0.4, 0.5) is 0 Å². The minimum Gasteiger partial charge on any atom is -0.507 e. The van der Waals surface area contributed by atoms with Gasteiger partial charge in [0.15, 0.2) is 0 Å². The Labute approximate surface area is 332 Å². The van der Waals surface area contributed by atoms with Gasteiger partial charge in [0.25, 0.3) is 0 Å². The quantitative estimate of drug-likeness (QED) is 0.142. The van der Waals surface area contributed by atoms with E-state index in [9.17, 15) is 5.11 Å². The molecule has 11 aromatic rings. The summed E-state index contributed by atoms with van der Waals surface area (Å²) < 4.78 is 2.33. The van der Waals surface area contributed by atoms with Crippen LogP contribution in [0.2, 0.25) is 0 Å². The number of aromatic nitrogens is 3. The van der Waals surface area contributed by atoms with Gasteiger partial charge in [-0.1, -0.05) is 141 Å². The van der Waals surface area contributed by atoms with Gasteiger partial charge in [-0.05, 0) is 39.4 Å². The van der Waals surface area contributed by atoms with Crippen molar-refractivity contribution in [2.24, 2.45) is 0 Å². The number of pyridine rings is 2. The van der Waals surface area contributed by atoms with Crippen molar-refractivity contribution >= 4 is 70.5 Å². The van der Waals surface area contributed by atoms with Crippen LogP contribution in [0.3, 0.4) is 0 Å². The standard InChI is InChI=1S/C50H34N3O.Pt/c1-50(2,3)33-25-31(24-32(26-33)41-27-30(22-23-51-41)29-12-5-4-6-13-29)40-21-20-37-34-14-7-8-16-36(34)46-45-39-18-11-17-38-35-15-9-10-19-42(35)53(49(38)39)43(45)28-44(54)47(46)48(37)52-40;/h4-23,25-28,54H,1-3H3;/q-1;. The maximum Gasteiger partial charge on any atom is 0.127 e. The predicted octanol–water partition coefficient (Wildman–Crippen LogP) is 12.9. The molecule has 0 unspecified atom stereocenters. The molecule has 0 fully saturated rings. The van der Waals surface area contributed by atoms with Crippen LogP contribution in [0, 0.1) is 6.07 Å². The monoisotopic (exact) mass is 887 g/mol. The summed E-state index contributed by atoms with van der Waals surface area (Å²) in [6, 6.07) is 52.6. The number of fused-ring (bicyclic) bond motifs is 13. The Hall–Kier alpha value is -6.09. The van der Waals surface area contributed by atoms with E-state index in [1.54, 1.807) is 0 Å². The molecular formula is C50H34N3OPt-. The molecule has 4 nitrogen and oxygen atoms in total. The molecule has 0 atom stereocenters. The van der Waals surface area contributed by atoms with Crippen LogP contribution in [0.1, 0.15) is 26.3 Å². The van der Waals surface area contributed by atoms with Gasteiger partial charge in [-0.2, -0.15) is 0 Å². The maximum absolute atomic E-state index is 12.2. The van der Waals surface area contributed by atoms with Gasteiger partial charge in [0.1, 0.15) is 5.75 Å².